The summed E-state index contributed by atoms with van der Waals surface area (Å²) in [5.74, 6) is -2.83. The zero-order chi connectivity index (χ0) is 16.2. The van der Waals surface area contributed by atoms with E-state index in [4.69, 9.17) is 5.11 Å². The lowest BCUT2D eigenvalue weighted by Gasteiger charge is -2.19. The molecule has 0 radical (unpaired) electrons. The molecule has 0 saturated carbocycles. The molecule has 0 aromatic heterocycles. The Morgan fingerprint density at radius 1 is 1.38 bits per heavy atom. The molecule has 7 nitrogen and oxygen atoms in total. The number of carboxylic acids is 1. The lowest BCUT2D eigenvalue weighted by molar-refractivity contribution is -0.137. The maximum absolute atomic E-state index is 13.9. The summed E-state index contributed by atoms with van der Waals surface area (Å²) < 4.78 is 38.9. The molecule has 21 heavy (non-hydrogen) atoms. The normalized spacial score (nSPS) is 11.4. The Kier molecular flexibility index (Phi) is 5.39. The van der Waals surface area contributed by atoms with E-state index in [1.165, 1.54) is 19.9 Å². The number of nitrogens with one attached hydrogen (secondary N) is 1. The van der Waals surface area contributed by atoms with Crippen LogP contribution in [-0.4, -0.2) is 42.8 Å². The van der Waals surface area contributed by atoms with Gasteiger partial charge in [0.1, 0.15) is 17.3 Å². The van der Waals surface area contributed by atoms with Crippen LogP contribution in [0.1, 0.15) is 13.8 Å². The fourth-order valence-electron chi connectivity index (χ4n) is 1.65. The van der Waals surface area contributed by atoms with Gasteiger partial charge in [-0.1, -0.05) is 6.92 Å². The van der Waals surface area contributed by atoms with E-state index >= 15 is 0 Å². The zero-order valence-corrected chi connectivity index (χ0v) is 12.3. The van der Waals surface area contributed by atoms with E-state index < -0.39 is 39.2 Å². The first-order valence-corrected chi connectivity index (χ1v) is 7.41. The number of halogens is 1. The van der Waals surface area contributed by atoms with Gasteiger partial charge in [0, 0.05) is 19.2 Å². The van der Waals surface area contributed by atoms with Crippen molar-refractivity contribution in [2.75, 3.05) is 18.4 Å². The number of hydrogen-bond acceptors (Lipinski definition) is 4. The number of hydrogen-bond donors (Lipinski definition) is 2. The van der Waals surface area contributed by atoms with Crippen molar-refractivity contribution in [1.82, 2.24) is 4.31 Å². The third kappa shape index (κ3) is 4.23. The van der Waals surface area contributed by atoms with Gasteiger partial charge in [-0.25, -0.2) is 12.8 Å². The van der Waals surface area contributed by atoms with E-state index in [1.807, 2.05) is 0 Å². The van der Waals surface area contributed by atoms with Crippen molar-refractivity contribution >= 4 is 27.6 Å². The minimum Gasteiger partial charge on any atom is -0.480 e. The zero-order valence-electron chi connectivity index (χ0n) is 11.5. The van der Waals surface area contributed by atoms with Crippen LogP contribution in [0.25, 0.3) is 0 Å². The number of likely N-dealkylation sites (N-methyl/N-ethyl adjacent to an activating group) is 1. The molecule has 0 aliphatic rings. The van der Waals surface area contributed by atoms with E-state index in [9.17, 15) is 22.4 Å². The van der Waals surface area contributed by atoms with Crippen molar-refractivity contribution in [3.05, 3.63) is 24.0 Å². The molecule has 0 saturated heterocycles. The molecule has 1 aromatic rings. The van der Waals surface area contributed by atoms with Gasteiger partial charge >= 0.3 is 5.97 Å². The van der Waals surface area contributed by atoms with Gasteiger partial charge in [-0.3, -0.25) is 9.59 Å². The van der Waals surface area contributed by atoms with Gasteiger partial charge < -0.3 is 10.4 Å². The Hall–Kier alpha value is -2.00. The monoisotopic (exact) mass is 318 g/mol. The molecule has 0 heterocycles. The fourth-order valence-corrected chi connectivity index (χ4v) is 3.09. The first kappa shape index (κ1) is 17.1. The van der Waals surface area contributed by atoms with Crippen LogP contribution in [0.3, 0.4) is 0 Å². The van der Waals surface area contributed by atoms with Gasteiger partial charge in [0.25, 0.3) is 0 Å². The fraction of sp³-hybridized carbons (Fsp3) is 0.333. The molecule has 1 rings (SSSR count). The Labute approximate surface area is 121 Å². The minimum atomic E-state index is -4.26. The Morgan fingerprint density at radius 2 is 2.00 bits per heavy atom. The number of carboxylic acid groups (broad SMARTS) is 1. The summed E-state index contributed by atoms with van der Waals surface area (Å²) in [6.45, 7) is 1.81. The average Bonchev–Trinajstić information content (AvgIpc) is 2.34. The number of rotatable bonds is 6. The second-order valence-electron chi connectivity index (χ2n) is 4.15. The van der Waals surface area contributed by atoms with Crippen molar-refractivity contribution < 1.29 is 27.5 Å². The standard InChI is InChI=1S/C12H15FN2O5S/c1-3-15(7-12(17)18)21(19,20)11-5-4-9(6-10(11)13)14-8(2)16/h4-6H,3,7H2,1-2H3,(H,14,16)(H,17,18). The molecule has 2 N–H and O–H groups in total. The Morgan fingerprint density at radius 3 is 2.43 bits per heavy atom. The van der Waals surface area contributed by atoms with Crippen LogP contribution < -0.4 is 5.32 Å². The number of carbonyl (C=O) groups is 2. The molecule has 116 valence electrons. The van der Waals surface area contributed by atoms with Crippen molar-refractivity contribution in [1.29, 1.82) is 0 Å². The summed E-state index contributed by atoms with van der Waals surface area (Å²) in [5.41, 5.74) is 0.111. The van der Waals surface area contributed by atoms with Crippen LogP contribution in [0.15, 0.2) is 23.1 Å². The van der Waals surface area contributed by atoms with Crippen LogP contribution in [0.4, 0.5) is 10.1 Å². The third-order valence-corrected chi connectivity index (χ3v) is 4.49. The van der Waals surface area contributed by atoms with Crippen LogP contribution in [0.5, 0.6) is 0 Å². The number of sulfonamides is 1. The number of carbonyl (C=O) groups excluding carboxylic acids is 1. The molecule has 0 aliphatic heterocycles. The smallest absolute Gasteiger partial charge is 0.318 e. The van der Waals surface area contributed by atoms with E-state index in [0.29, 0.717) is 4.31 Å². The van der Waals surface area contributed by atoms with E-state index in [2.05, 4.69) is 5.32 Å². The molecule has 1 amide bonds. The molecule has 0 bridgehead atoms. The summed E-state index contributed by atoms with van der Waals surface area (Å²) in [5, 5.41) is 11.0. The van der Waals surface area contributed by atoms with Gasteiger partial charge in [0.2, 0.25) is 15.9 Å². The molecule has 0 atom stereocenters. The summed E-state index contributed by atoms with van der Waals surface area (Å²) in [7, 11) is -4.26. The van der Waals surface area contributed by atoms with Crippen molar-refractivity contribution in [3.8, 4) is 0 Å². The van der Waals surface area contributed by atoms with Gasteiger partial charge in [-0.2, -0.15) is 4.31 Å². The maximum atomic E-state index is 13.9. The molecule has 0 spiro atoms. The van der Waals surface area contributed by atoms with Crippen molar-refractivity contribution in [2.45, 2.75) is 18.7 Å². The van der Waals surface area contributed by atoms with Gasteiger partial charge in [0.15, 0.2) is 0 Å². The highest BCUT2D eigenvalue weighted by Gasteiger charge is 2.28. The lowest BCUT2D eigenvalue weighted by Crippen LogP contribution is -2.35. The molecule has 1 aromatic carbocycles. The van der Waals surface area contributed by atoms with Crippen LogP contribution in [-0.2, 0) is 19.6 Å². The second-order valence-corrected chi connectivity index (χ2v) is 6.06. The molecule has 0 fully saturated rings. The highest BCUT2D eigenvalue weighted by Crippen LogP contribution is 2.22. The molecular weight excluding hydrogens is 303 g/mol. The maximum Gasteiger partial charge on any atom is 0.318 e. The first-order chi connectivity index (χ1) is 9.68. The second kappa shape index (κ2) is 6.64. The number of anilines is 1. The summed E-state index contributed by atoms with van der Waals surface area (Å²) in [4.78, 5) is 20.9. The quantitative estimate of drug-likeness (QED) is 0.810. The van der Waals surface area contributed by atoms with Crippen LogP contribution in [0, 0.1) is 5.82 Å². The third-order valence-electron chi connectivity index (χ3n) is 2.53. The Bertz CT molecular complexity index is 660. The average molecular weight is 318 g/mol. The molecule has 9 heteroatoms. The lowest BCUT2D eigenvalue weighted by atomic mass is 10.3. The van der Waals surface area contributed by atoms with Crippen molar-refractivity contribution in [2.24, 2.45) is 0 Å². The summed E-state index contributed by atoms with van der Waals surface area (Å²) >= 11 is 0. The highest BCUT2D eigenvalue weighted by molar-refractivity contribution is 7.89. The minimum absolute atomic E-state index is 0.110. The van der Waals surface area contributed by atoms with E-state index in [0.717, 1.165) is 12.1 Å². The first-order valence-electron chi connectivity index (χ1n) is 5.97. The number of aliphatic carboxylic acids is 1. The summed E-state index contributed by atoms with van der Waals surface area (Å²) in [6, 6.07) is 3.08. The van der Waals surface area contributed by atoms with Crippen LogP contribution in [0.2, 0.25) is 0 Å². The summed E-state index contributed by atoms with van der Waals surface area (Å²) in [6.07, 6.45) is 0. The molecule has 0 aliphatic carbocycles. The van der Waals surface area contributed by atoms with Crippen molar-refractivity contribution in [3.63, 3.8) is 0 Å². The predicted octanol–water partition coefficient (Wildman–Crippen LogP) is 0.879. The molecule has 0 unspecified atom stereocenters. The number of amides is 1. The van der Waals surface area contributed by atoms with E-state index in [1.54, 1.807) is 0 Å². The van der Waals surface area contributed by atoms with Gasteiger partial charge in [-0.05, 0) is 18.2 Å². The number of benzene rings is 1. The Balaban J connectivity index is 3.19. The molecular formula is C12H15FN2O5S. The highest BCUT2D eigenvalue weighted by atomic mass is 32.2. The topological polar surface area (TPSA) is 104 Å². The van der Waals surface area contributed by atoms with Gasteiger partial charge in [0.05, 0.1) is 0 Å². The number of nitrogens with zero attached hydrogens (tertiary/aromatic N) is 1. The largest absolute Gasteiger partial charge is 0.480 e. The van der Waals surface area contributed by atoms with Gasteiger partial charge in [-0.15, -0.1) is 0 Å². The van der Waals surface area contributed by atoms with E-state index in [-0.39, 0.29) is 12.2 Å². The predicted molar refractivity (Wildman–Crippen MR) is 72.8 cm³/mol. The van der Waals surface area contributed by atoms with Crippen LogP contribution >= 0.6 is 0 Å². The SMILES string of the molecule is CCN(CC(=O)O)S(=O)(=O)c1ccc(NC(C)=O)cc1F.